The smallest absolute Gasteiger partial charge is 0.347 e. The van der Waals surface area contributed by atoms with Crippen LogP contribution in [0.3, 0.4) is 0 Å². The number of Topliss-reactive ketones (excluding diaryl/α,β-unsaturated/α-hetero) is 1. The van der Waals surface area contributed by atoms with Crippen molar-refractivity contribution in [3.63, 3.8) is 0 Å². The van der Waals surface area contributed by atoms with Gasteiger partial charge in [0.25, 0.3) is 5.78 Å². The van der Waals surface area contributed by atoms with Crippen molar-refractivity contribution in [1.29, 1.82) is 0 Å². The molecule has 29 heavy (non-hydrogen) atoms. The van der Waals surface area contributed by atoms with E-state index in [4.69, 9.17) is 4.53 Å². The number of ketones is 1. The van der Waals surface area contributed by atoms with Crippen LogP contribution in [0.25, 0.3) is 10.9 Å². The topological polar surface area (TPSA) is 34.5 Å². The summed E-state index contributed by atoms with van der Waals surface area (Å²) < 4.78 is 47.5. The van der Waals surface area contributed by atoms with Gasteiger partial charge in [0.1, 0.15) is 0 Å². The van der Waals surface area contributed by atoms with Gasteiger partial charge in [-0.15, -0.1) is 0 Å². The summed E-state index contributed by atoms with van der Waals surface area (Å²) in [6.07, 6.45) is -2.84. The maximum atomic E-state index is 13.1. The van der Waals surface area contributed by atoms with Gasteiger partial charge in [-0.25, -0.2) is 0 Å². The van der Waals surface area contributed by atoms with Gasteiger partial charge < -0.3 is 9.09 Å². The SMILES string of the molecule is CCCn1cc(C(=O)C(F)(F)F)c2cc(N(CC)O[Si](C)(C)C(C)(C)C)ccc21. The third-order valence-corrected chi connectivity index (χ3v) is 9.84. The van der Waals surface area contributed by atoms with Gasteiger partial charge in [-0.3, -0.25) is 9.86 Å². The molecule has 0 aliphatic rings. The fourth-order valence-electron chi connectivity index (χ4n) is 2.91. The van der Waals surface area contributed by atoms with Gasteiger partial charge in [-0.2, -0.15) is 13.2 Å². The Hall–Kier alpha value is -1.80. The minimum atomic E-state index is -4.91. The largest absolute Gasteiger partial charge is 0.454 e. The number of anilines is 1. The van der Waals surface area contributed by atoms with Crippen LogP contribution in [0.2, 0.25) is 18.1 Å². The Bertz CT molecular complexity index is 882. The van der Waals surface area contributed by atoms with E-state index >= 15 is 0 Å². The Kier molecular flexibility index (Phi) is 6.59. The van der Waals surface area contributed by atoms with Crippen molar-refractivity contribution in [2.24, 2.45) is 0 Å². The zero-order valence-corrected chi connectivity index (χ0v) is 19.3. The van der Waals surface area contributed by atoms with E-state index in [0.29, 0.717) is 29.7 Å². The minimum absolute atomic E-state index is 0.0214. The molecule has 2 rings (SSSR count). The summed E-state index contributed by atoms with van der Waals surface area (Å²) in [4.78, 5) is 12.0. The average Bonchev–Trinajstić information content (AvgIpc) is 2.95. The number of nitrogens with zero attached hydrogens (tertiary/aromatic N) is 2. The molecule has 1 heterocycles. The lowest BCUT2D eigenvalue weighted by Crippen LogP contribution is -2.46. The van der Waals surface area contributed by atoms with Crippen LogP contribution in [0, 0.1) is 0 Å². The van der Waals surface area contributed by atoms with Gasteiger partial charge >= 0.3 is 6.18 Å². The lowest BCUT2D eigenvalue weighted by Gasteiger charge is -2.40. The molecule has 0 N–H and O–H groups in total. The number of carbonyl (C=O) groups excluding carboxylic acids is 1. The molecule has 0 aliphatic carbocycles. The molecule has 162 valence electrons. The zero-order valence-electron chi connectivity index (χ0n) is 18.3. The number of aromatic nitrogens is 1. The van der Waals surface area contributed by atoms with E-state index in [1.54, 1.807) is 21.8 Å². The van der Waals surface area contributed by atoms with Crippen LogP contribution < -0.4 is 5.06 Å². The monoisotopic (exact) mass is 428 g/mol. The number of benzene rings is 1. The summed E-state index contributed by atoms with van der Waals surface area (Å²) >= 11 is 0. The van der Waals surface area contributed by atoms with Crippen LogP contribution in [0.5, 0.6) is 0 Å². The number of fused-ring (bicyclic) bond motifs is 1. The lowest BCUT2D eigenvalue weighted by molar-refractivity contribution is -0.0884. The van der Waals surface area contributed by atoms with Crippen LogP contribution in [0.1, 0.15) is 51.4 Å². The standard InChI is InChI=1S/C21H31F3N2O2Si/c1-8-12-25-14-17(19(27)21(22,23)24)16-13-15(10-11-18(16)25)26(9-2)28-29(6,7)20(3,4)5/h10-11,13-14H,8-9,12H2,1-7H3. The highest BCUT2D eigenvalue weighted by Crippen LogP contribution is 2.38. The van der Waals surface area contributed by atoms with Gasteiger partial charge in [-0.1, -0.05) is 27.7 Å². The van der Waals surface area contributed by atoms with E-state index < -0.39 is 20.3 Å². The second-order valence-electron chi connectivity index (χ2n) is 8.81. The predicted octanol–water partition coefficient (Wildman–Crippen LogP) is 6.56. The molecule has 0 aliphatic heterocycles. The molecule has 0 saturated carbocycles. The molecule has 2 aromatic rings. The van der Waals surface area contributed by atoms with Gasteiger partial charge in [0.05, 0.1) is 11.3 Å². The third kappa shape index (κ3) is 4.86. The number of aryl methyl sites for hydroxylation is 1. The molecule has 0 amide bonds. The summed E-state index contributed by atoms with van der Waals surface area (Å²) in [5, 5.41) is 2.01. The molecule has 0 radical (unpaired) electrons. The Labute approximate surface area is 171 Å². The zero-order chi connectivity index (χ0) is 22.2. The van der Waals surface area contributed by atoms with Crippen LogP contribution in [0.4, 0.5) is 18.9 Å². The van der Waals surface area contributed by atoms with Gasteiger partial charge in [0.2, 0.25) is 8.32 Å². The predicted molar refractivity (Wildman–Crippen MR) is 114 cm³/mol. The molecule has 0 bridgehead atoms. The third-order valence-electron chi connectivity index (χ3n) is 5.55. The Morgan fingerprint density at radius 3 is 2.28 bits per heavy atom. The molecular formula is C21H31F3N2O2Si. The molecule has 1 aromatic carbocycles. The van der Waals surface area contributed by atoms with Crippen LogP contribution >= 0.6 is 0 Å². The summed E-state index contributed by atoms with van der Waals surface area (Å²) in [7, 11) is -2.14. The quantitative estimate of drug-likeness (QED) is 0.285. The first-order valence-corrected chi connectivity index (χ1v) is 12.8. The van der Waals surface area contributed by atoms with Crippen molar-refractivity contribution in [3.8, 4) is 0 Å². The van der Waals surface area contributed by atoms with Crippen molar-refractivity contribution in [3.05, 3.63) is 30.0 Å². The second kappa shape index (κ2) is 8.14. The molecule has 4 nitrogen and oxygen atoms in total. The first kappa shape index (κ1) is 23.5. The van der Waals surface area contributed by atoms with Crippen molar-refractivity contribution >= 4 is 30.7 Å². The summed E-state index contributed by atoms with van der Waals surface area (Å²) in [6, 6.07) is 5.25. The fourth-order valence-corrected chi connectivity index (χ4v) is 3.97. The number of rotatable bonds is 7. The number of halogens is 3. The normalized spacial score (nSPS) is 13.2. The van der Waals surface area contributed by atoms with Crippen molar-refractivity contribution < 1.29 is 22.5 Å². The highest BCUT2D eigenvalue weighted by molar-refractivity contribution is 6.74. The molecule has 0 atom stereocenters. The van der Waals surface area contributed by atoms with E-state index in [2.05, 4.69) is 33.9 Å². The van der Waals surface area contributed by atoms with E-state index in [1.165, 1.54) is 6.20 Å². The first-order chi connectivity index (χ1) is 13.2. The number of hydrogen-bond acceptors (Lipinski definition) is 3. The Balaban J connectivity index is 2.57. The Morgan fingerprint density at radius 1 is 1.17 bits per heavy atom. The van der Waals surface area contributed by atoms with Crippen LogP contribution in [-0.2, 0) is 11.1 Å². The van der Waals surface area contributed by atoms with E-state index in [-0.39, 0.29) is 10.6 Å². The average molecular weight is 429 g/mol. The molecule has 0 spiro atoms. The summed E-state index contributed by atoms with van der Waals surface area (Å²) in [5.74, 6) is -1.82. The summed E-state index contributed by atoms with van der Waals surface area (Å²) in [6.45, 7) is 15.6. The van der Waals surface area contributed by atoms with Crippen LogP contribution in [-0.4, -0.2) is 31.4 Å². The van der Waals surface area contributed by atoms with Crippen molar-refractivity contribution in [2.75, 3.05) is 11.6 Å². The van der Waals surface area contributed by atoms with E-state index in [1.807, 2.05) is 19.9 Å². The van der Waals surface area contributed by atoms with Crippen molar-refractivity contribution in [1.82, 2.24) is 4.57 Å². The van der Waals surface area contributed by atoms with E-state index in [0.717, 1.165) is 6.42 Å². The van der Waals surface area contributed by atoms with Crippen molar-refractivity contribution in [2.45, 2.75) is 71.9 Å². The maximum Gasteiger partial charge on any atom is 0.454 e. The highest BCUT2D eigenvalue weighted by Gasteiger charge is 2.41. The molecular weight excluding hydrogens is 397 g/mol. The van der Waals surface area contributed by atoms with Gasteiger partial charge in [0.15, 0.2) is 0 Å². The van der Waals surface area contributed by atoms with Crippen LogP contribution in [0.15, 0.2) is 24.4 Å². The summed E-state index contributed by atoms with van der Waals surface area (Å²) in [5.41, 5.74) is 0.952. The number of carbonyl (C=O) groups is 1. The number of hydrogen-bond donors (Lipinski definition) is 0. The molecule has 0 fully saturated rings. The molecule has 8 heteroatoms. The maximum absolute atomic E-state index is 13.1. The molecule has 1 aromatic heterocycles. The second-order valence-corrected chi connectivity index (χ2v) is 13.5. The lowest BCUT2D eigenvalue weighted by atomic mass is 10.1. The molecule has 0 unspecified atom stereocenters. The number of hydroxylamine groups is 1. The Morgan fingerprint density at radius 2 is 1.79 bits per heavy atom. The van der Waals surface area contributed by atoms with Gasteiger partial charge in [-0.05, 0) is 49.7 Å². The fraction of sp³-hybridized carbons (Fsp3) is 0.571. The first-order valence-electron chi connectivity index (χ1n) is 9.94. The number of alkyl halides is 3. The van der Waals surface area contributed by atoms with E-state index in [9.17, 15) is 18.0 Å². The molecule has 0 saturated heterocycles. The highest BCUT2D eigenvalue weighted by atomic mass is 28.4. The van der Waals surface area contributed by atoms with Gasteiger partial charge in [0, 0.05) is 30.2 Å². The minimum Gasteiger partial charge on any atom is -0.347 e.